The first-order chi connectivity index (χ1) is 12.6. The zero-order chi connectivity index (χ0) is 18.1. The molecule has 0 aliphatic carbocycles. The second kappa shape index (κ2) is 7.00. The molecule has 1 atom stereocenters. The molecule has 0 radical (unpaired) electrons. The minimum Gasteiger partial charge on any atom is -0.497 e. The number of aromatic nitrogens is 2. The maximum atomic E-state index is 6.06. The van der Waals surface area contributed by atoms with Crippen molar-refractivity contribution in [2.75, 3.05) is 25.9 Å². The highest BCUT2D eigenvalue weighted by Crippen LogP contribution is 2.29. The van der Waals surface area contributed by atoms with Gasteiger partial charge in [0.05, 0.1) is 18.5 Å². The number of pyridine rings is 1. The Labute approximate surface area is 154 Å². The molecule has 0 spiro atoms. The zero-order valence-electron chi connectivity index (χ0n) is 15.5. The van der Waals surface area contributed by atoms with Crippen LogP contribution in [0.25, 0.3) is 16.9 Å². The number of imidazole rings is 1. The number of nitrogen functional groups attached to an aromatic ring is 1. The lowest BCUT2D eigenvalue weighted by molar-refractivity contribution is 0.174. The lowest BCUT2D eigenvalue weighted by Crippen LogP contribution is -2.34. The van der Waals surface area contributed by atoms with E-state index in [-0.39, 0.29) is 0 Å². The van der Waals surface area contributed by atoms with Crippen molar-refractivity contribution in [3.63, 3.8) is 0 Å². The summed E-state index contributed by atoms with van der Waals surface area (Å²) in [5.74, 6) is 1.60. The molecule has 1 saturated heterocycles. The van der Waals surface area contributed by atoms with E-state index in [4.69, 9.17) is 15.5 Å². The van der Waals surface area contributed by atoms with E-state index >= 15 is 0 Å². The summed E-state index contributed by atoms with van der Waals surface area (Å²) in [5.41, 5.74) is 11.1. The Morgan fingerprint density at radius 1 is 1.19 bits per heavy atom. The highest BCUT2D eigenvalue weighted by atomic mass is 16.5. The van der Waals surface area contributed by atoms with E-state index in [2.05, 4.69) is 28.4 Å². The topological polar surface area (TPSA) is 55.8 Å². The van der Waals surface area contributed by atoms with Crippen molar-refractivity contribution in [2.24, 2.45) is 5.92 Å². The Morgan fingerprint density at radius 3 is 2.73 bits per heavy atom. The Kier molecular flexibility index (Phi) is 4.55. The molecule has 3 heterocycles. The Hall–Kier alpha value is -2.53. The average molecular weight is 350 g/mol. The molecule has 1 aliphatic rings. The molecule has 2 N–H and O–H groups in total. The molecule has 2 aromatic heterocycles. The molecule has 1 aliphatic heterocycles. The first-order valence-corrected chi connectivity index (χ1v) is 9.27. The molecule has 3 aromatic rings. The quantitative estimate of drug-likeness (QED) is 0.777. The van der Waals surface area contributed by atoms with E-state index in [1.54, 1.807) is 7.11 Å². The summed E-state index contributed by atoms with van der Waals surface area (Å²) in [6.07, 6.45) is 4.57. The molecule has 5 heteroatoms. The third-order valence-electron chi connectivity index (χ3n) is 5.22. The van der Waals surface area contributed by atoms with Crippen molar-refractivity contribution >= 4 is 11.3 Å². The summed E-state index contributed by atoms with van der Waals surface area (Å²) in [4.78, 5) is 7.44. The molecule has 136 valence electrons. The number of hydrogen-bond donors (Lipinski definition) is 1. The van der Waals surface area contributed by atoms with Crippen LogP contribution in [0.2, 0.25) is 0 Å². The van der Waals surface area contributed by atoms with Gasteiger partial charge in [0.1, 0.15) is 11.4 Å². The summed E-state index contributed by atoms with van der Waals surface area (Å²) in [6, 6.07) is 12.0. The van der Waals surface area contributed by atoms with Gasteiger partial charge in [-0.2, -0.15) is 0 Å². The fraction of sp³-hybridized carbons (Fsp3) is 0.381. The van der Waals surface area contributed by atoms with E-state index in [0.717, 1.165) is 53.9 Å². The lowest BCUT2D eigenvalue weighted by Gasteiger charge is -2.30. The van der Waals surface area contributed by atoms with Crippen LogP contribution >= 0.6 is 0 Å². The second-order valence-corrected chi connectivity index (χ2v) is 7.31. The van der Waals surface area contributed by atoms with Gasteiger partial charge in [0.15, 0.2) is 0 Å². The van der Waals surface area contributed by atoms with Crippen LogP contribution in [-0.2, 0) is 6.54 Å². The van der Waals surface area contributed by atoms with Crippen LogP contribution in [0.4, 0.5) is 5.69 Å². The van der Waals surface area contributed by atoms with Gasteiger partial charge < -0.3 is 14.9 Å². The number of ether oxygens (including phenoxy) is 1. The SMILES string of the molecule is COc1ccc(-c2nc3ccc(N)cn3c2CN2CCCC(C)C2)cc1. The summed E-state index contributed by atoms with van der Waals surface area (Å²) in [6.45, 7) is 5.50. The van der Waals surface area contributed by atoms with Crippen LogP contribution in [0.5, 0.6) is 5.75 Å². The molecule has 26 heavy (non-hydrogen) atoms. The smallest absolute Gasteiger partial charge is 0.137 e. The maximum absolute atomic E-state index is 6.06. The number of nitrogens with zero attached hydrogens (tertiary/aromatic N) is 3. The fourth-order valence-electron chi connectivity index (χ4n) is 3.88. The molecular weight excluding hydrogens is 324 g/mol. The molecule has 0 saturated carbocycles. The number of benzene rings is 1. The van der Waals surface area contributed by atoms with Gasteiger partial charge in [0.2, 0.25) is 0 Å². The number of fused-ring (bicyclic) bond motifs is 1. The van der Waals surface area contributed by atoms with Gasteiger partial charge in [-0.1, -0.05) is 6.92 Å². The number of hydrogen-bond acceptors (Lipinski definition) is 4. The van der Waals surface area contributed by atoms with Crippen LogP contribution in [0.1, 0.15) is 25.5 Å². The van der Waals surface area contributed by atoms with Gasteiger partial charge in [0.25, 0.3) is 0 Å². The van der Waals surface area contributed by atoms with Crippen molar-refractivity contribution < 1.29 is 4.74 Å². The van der Waals surface area contributed by atoms with Crippen LogP contribution in [0.15, 0.2) is 42.6 Å². The molecule has 1 fully saturated rings. The van der Waals surface area contributed by atoms with E-state index < -0.39 is 0 Å². The Balaban J connectivity index is 1.77. The summed E-state index contributed by atoms with van der Waals surface area (Å²) in [7, 11) is 1.69. The zero-order valence-corrected chi connectivity index (χ0v) is 15.5. The van der Waals surface area contributed by atoms with Gasteiger partial charge in [-0.3, -0.25) is 4.90 Å². The molecule has 4 rings (SSSR count). The van der Waals surface area contributed by atoms with E-state index in [1.807, 2.05) is 30.5 Å². The molecule has 1 aromatic carbocycles. The van der Waals surface area contributed by atoms with Crippen LogP contribution in [0, 0.1) is 5.92 Å². The van der Waals surface area contributed by atoms with Gasteiger partial charge in [-0.05, 0) is 61.7 Å². The average Bonchev–Trinajstić information content (AvgIpc) is 2.99. The molecule has 1 unspecified atom stereocenters. The molecule has 5 nitrogen and oxygen atoms in total. The number of anilines is 1. The molecule has 0 bridgehead atoms. The van der Waals surface area contributed by atoms with Gasteiger partial charge >= 0.3 is 0 Å². The Bertz CT molecular complexity index is 900. The first kappa shape index (κ1) is 16.9. The lowest BCUT2D eigenvalue weighted by atomic mass is 10.00. The van der Waals surface area contributed by atoms with Gasteiger partial charge in [0, 0.05) is 30.5 Å². The normalized spacial score (nSPS) is 18.3. The van der Waals surface area contributed by atoms with E-state index in [1.165, 1.54) is 18.5 Å². The highest BCUT2D eigenvalue weighted by molar-refractivity contribution is 5.68. The number of nitrogens with two attached hydrogens (primary N) is 1. The highest BCUT2D eigenvalue weighted by Gasteiger charge is 2.21. The van der Waals surface area contributed by atoms with Crippen molar-refractivity contribution in [3.8, 4) is 17.0 Å². The third-order valence-corrected chi connectivity index (χ3v) is 5.22. The largest absolute Gasteiger partial charge is 0.497 e. The van der Waals surface area contributed by atoms with Crippen molar-refractivity contribution in [1.82, 2.24) is 14.3 Å². The Morgan fingerprint density at radius 2 is 2.00 bits per heavy atom. The van der Waals surface area contributed by atoms with Crippen molar-refractivity contribution in [1.29, 1.82) is 0 Å². The predicted octanol–water partition coefficient (Wildman–Crippen LogP) is 3.82. The van der Waals surface area contributed by atoms with Gasteiger partial charge in [-0.25, -0.2) is 4.98 Å². The van der Waals surface area contributed by atoms with Crippen molar-refractivity contribution in [2.45, 2.75) is 26.3 Å². The predicted molar refractivity (Wildman–Crippen MR) is 105 cm³/mol. The minimum atomic E-state index is 0.748. The second-order valence-electron chi connectivity index (χ2n) is 7.31. The number of piperidine rings is 1. The summed E-state index contributed by atoms with van der Waals surface area (Å²) >= 11 is 0. The summed E-state index contributed by atoms with van der Waals surface area (Å²) in [5, 5.41) is 0. The summed E-state index contributed by atoms with van der Waals surface area (Å²) < 4.78 is 7.44. The fourth-order valence-corrected chi connectivity index (χ4v) is 3.88. The maximum Gasteiger partial charge on any atom is 0.137 e. The van der Waals surface area contributed by atoms with Crippen LogP contribution in [-0.4, -0.2) is 34.5 Å². The van der Waals surface area contributed by atoms with Crippen molar-refractivity contribution in [3.05, 3.63) is 48.3 Å². The molecule has 0 amide bonds. The number of rotatable bonds is 4. The van der Waals surface area contributed by atoms with E-state index in [0.29, 0.717) is 0 Å². The minimum absolute atomic E-state index is 0.748. The first-order valence-electron chi connectivity index (χ1n) is 9.27. The molecular formula is C21H26N4O. The third kappa shape index (κ3) is 3.27. The van der Waals surface area contributed by atoms with Crippen LogP contribution < -0.4 is 10.5 Å². The number of likely N-dealkylation sites (tertiary alicyclic amines) is 1. The monoisotopic (exact) mass is 350 g/mol. The number of methoxy groups -OCH3 is 1. The van der Waals surface area contributed by atoms with E-state index in [9.17, 15) is 0 Å². The standard InChI is InChI=1S/C21H26N4O/c1-15-4-3-11-24(12-15)14-19-21(16-5-8-18(26-2)9-6-16)23-20-10-7-17(22)13-25(19)20/h5-10,13,15H,3-4,11-12,14,22H2,1-2H3. The van der Waals surface area contributed by atoms with Crippen LogP contribution in [0.3, 0.4) is 0 Å². The van der Waals surface area contributed by atoms with Gasteiger partial charge in [-0.15, -0.1) is 0 Å².